The maximum Gasteiger partial charge on any atom is 0.322 e. The lowest BCUT2D eigenvalue weighted by Crippen LogP contribution is -2.40. The summed E-state index contributed by atoms with van der Waals surface area (Å²) < 4.78 is 0. The maximum atomic E-state index is 11.9. The standard InChI is InChI=1S/C12H13Cl2N3O/c1-8(2)17(6-5-15)12(18)16-9-3-4-10(13)11(14)7-9/h3-4,7-8H,6H2,1-2H3,(H,16,18). The molecule has 0 fully saturated rings. The number of rotatable bonds is 3. The van der Waals surface area contributed by atoms with Crippen molar-refractivity contribution in [3.05, 3.63) is 28.2 Å². The van der Waals surface area contributed by atoms with Crippen molar-refractivity contribution in [1.82, 2.24) is 4.90 Å². The van der Waals surface area contributed by atoms with E-state index in [2.05, 4.69) is 5.32 Å². The number of carbonyl (C=O) groups excluding carboxylic acids is 1. The van der Waals surface area contributed by atoms with Crippen molar-refractivity contribution in [1.29, 1.82) is 5.26 Å². The van der Waals surface area contributed by atoms with E-state index in [1.165, 1.54) is 4.90 Å². The zero-order chi connectivity index (χ0) is 13.7. The fraction of sp³-hybridized carbons (Fsp3) is 0.333. The van der Waals surface area contributed by atoms with Crippen molar-refractivity contribution >= 4 is 34.9 Å². The molecule has 0 aliphatic carbocycles. The molecule has 2 amide bonds. The molecule has 96 valence electrons. The normalized spacial score (nSPS) is 10.0. The Hall–Kier alpha value is -1.44. The highest BCUT2D eigenvalue weighted by Crippen LogP contribution is 2.25. The zero-order valence-corrected chi connectivity index (χ0v) is 11.6. The first kappa shape index (κ1) is 14.6. The second-order valence-electron chi connectivity index (χ2n) is 3.94. The zero-order valence-electron chi connectivity index (χ0n) is 10.1. The summed E-state index contributed by atoms with van der Waals surface area (Å²) in [5.74, 6) is 0. The highest BCUT2D eigenvalue weighted by atomic mass is 35.5. The first-order valence-electron chi connectivity index (χ1n) is 5.35. The highest BCUT2D eigenvalue weighted by Gasteiger charge is 2.16. The molecule has 1 rings (SSSR count). The molecule has 0 aromatic heterocycles. The molecule has 0 saturated carbocycles. The van der Waals surface area contributed by atoms with Crippen molar-refractivity contribution in [2.24, 2.45) is 0 Å². The maximum absolute atomic E-state index is 11.9. The van der Waals surface area contributed by atoms with Crippen LogP contribution in [0, 0.1) is 11.3 Å². The Morgan fingerprint density at radius 1 is 1.44 bits per heavy atom. The number of nitrogens with zero attached hydrogens (tertiary/aromatic N) is 2. The average Bonchev–Trinajstić information content (AvgIpc) is 2.30. The lowest BCUT2D eigenvalue weighted by Gasteiger charge is -2.24. The Bertz CT molecular complexity index is 483. The fourth-order valence-corrected chi connectivity index (χ4v) is 1.63. The molecular weight excluding hydrogens is 273 g/mol. The van der Waals surface area contributed by atoms with Crippen LogP contribution in [0.1, 0.15) is 13.8 Å². The van der Waals surface area contributed by atoms with Gasteiger partial charge in [0.1, 0.15) is 6.54 Å². The van der Waals surface area contributed by atoms with Crippen LogP contribution in [0.15, 0.2) is 18.2 Å². The molecule has 0 aliphatic heterocycles. The fourth-order valence-electron chi connectivity index (χ4n) is 1.33. The van der Waals surface area contributed by atoms with Crippen LogP contribution in [0.25, 0.3) is 0 Å². The third-order valence-electron chi connectivity index (χ3n) is 2.30. The number of benzene rings is 1. The van der Waals surface area contributed by atoms with Crippen LogP contribution in [-0.2, 0) is 0 Å². The molecule has 0 spiro atoms. The summed E-state index contributed by atoms with van der Waals surface area (Å²) in [6, 6.07) is 6.36. The van der Waals surface area contributed by atoms with Gasteiger partial charge in [0.2, 0.25) is 0 Å². The van der Waals surface area contributed by atoms with Crippen LogP contribution >= 0.6 is 23.2 Å². The van der Waals surface area contributed by atoms with E-state index >= 15 is 0 Å². The number of hydrogen-bond acceptors (Lipinski definition) is 2. The molecule has 0 saturated heterocycles. The topological polar surface area (TPSA) is 56.1 Å². The summed E-state index contributed by atoms with van der Waals surface area (Å²) in [5.41, 5.74) is 0.540. The van der Waals surface area contributed by atoms with Gasteiger partial charge >= 0.3 is 6.03 Å². The molecule has 18 heavy (non-hydrogen) atoms. The molecule has 1 aromatic carbocycles. The van der Waals surface area contributed by atoms with Gasteiger partial charge in [-0.3, -0.25) is 0 Å². The average molecular weight is 286 g/mol. The Kier molecular flexibility index (Phi) is 5.26. The minimum absolute atomic E-state index is 0.0326. The second-order valence-corrected chi connectivity index (χ2v) is 4.75. The monoisotopic (exact) mass is 285 g/mol. The van der Waals surface area contributed by atoms with Gasteiger partial charge in [0.25, 0.3) is 0 Å². The molecule has 0 atom stereocenters. The van der Waals surface area contributed by atoms with Gasteiger partial charge in [-0.15, -0.1) is 0 Å². The van der Waals surface area contributed by atoms with Gasteiger partial charge in [-0.1, -0.05) is 23.2 Å². The lowest BCUT2D eigenvalue weighted by molar-refractivity contribution is 0.205. The predicted octanol–water partition coefficient (Wildman–Crippen LogP) is 3.76. The number of nitrogens with one attached hydrogen (secondary N) is 1. The van der Waals surface area contributed by atoms with Crippen LogP contribution in [-0.4, -0.2) is 23.5 Å². The van der Waals surface area contributed by atoms with Gasteiger partial charge in [0, 0.05) is 11.7 Å². The second kappa shape index (κ2) is 6.48. The smallest absolute Gasteiger partial charge is 0.309 e. The van der Waals surface area contributed by atoms with Crippen LogP contribution in [0.3, 0.4) is 0 Å². The van der Waals surface area contributed by atoms with Gasteiger partial charge in [0.05, 0.1) is 16.1 Å². The van der Waals surface area contributed by atoms with E-state index in [1.54, 1.807) is 18.2 Å². The summed E-state index contributed by atoms with van der Waals surface area (Å²) in [7, 11) is 0. The van der Waals surface area contributed by atoms with E-state index in [0.29, 0.717) is 15.7 Å². The van der Waals surface area contributed by atoms with Crippen molar-refractivity contribution in [2.75, 3.05) is 11.9 Å². The minimum Gasteiger partial charge on any atom is -0.309 e. The van der Waals surface area contributed by atoms with Crippen molar-refractivity contribution < 1.29 is 4.79 Å². The molecule has 0 bridgehead atoms. The van der Waals surface area contributed by atoms with Crippen LogP contribution in [0.2, 0.25) is 10.0 Å². The number of hydrogen-bond donors (Lipinski definition) is 1. The summed E-state index contributed by atoms with van der Waals surface area (Å²) in [5, 5.41) is 12.1. The Labute approximate surface area is 116 Å². The molecule has 1 aromatic rings. The number of urea groups is 1. The predicted molar refractivity (Wildman–Crippen MR) is 72.9 cm³/mol. The number of nitriles is 1. The van der Waals surface area contributed by atoms with Gasteiger partial charge in [-0.2, -0.15) is 5.26 Å². The summed E-state index contributed by atoms with van der Waals surface area (Å²) in [6.45, 7) is 3.71. The lowest BCUT2D eigenvalue weighted by atomic mass is 10.3. The van der Waals surface area contributed by atoms with Crippen LogP contribution in [0.5, 0.6) is 0 Å². The van der Waals surface area contributed by atoms with Gasteiger partial charge in [-0.25, -0.2) is 4.79 Å². The Balaban J connectivity index is 2.80. The molecule has 0 radical (unpaired) electrons. The number of halogens is 2. The van der Waals surface area contributed by atoms with E-state index in [0.717, 1.165) is 0 Å². The Morgan fingerprint density at radius 3 is 2.61 bits per heavy atom. The van der Waals surface area contributed by atoms with Crippen molar-refractivity contribution in [3.8, 4) is 6.07 Å². The largest absolute Gasteiger partial charge is 0.322 e. The summed E-state index contributed by atoms with van der Waals surface area (Å²) in [6.07, 6.45) is 0. The van der Waals surface area contributed by atoms with E-state index in [-0.39, 0.29) is 18.6 Å². The molecule has 4 nitrogen and oxygen atoms in total. The third kappa shape index (κ3) is 3.80. The van der Waals surface area contributed by atoms with Crippen LogP contribution in [0.4, 0.5) is 10.5 Å². The Morgan fingerprint density at radius 2 is 2.11 bits per heavy atom. The molecule has 0 heterocycles. The van der Waals surface area contributed by atoms with E-state index in [1.807, 2.05) is 19.9 Å². The number of amides is 2. The molecule has 0 aliphatic rings. The SMILES string of the molecule is CC(C)N(CC#N)C(=O)Nc1ccc(Cl)c(Cl)c1. The first-order chi connectivity index (χ1) is 8.45. The minimum atomic E-state index is -0.343. The van der Waals surface area contributed by atoms with Crippen molar-refractivity contribution in [3.63, 3.8) is 0 Å². The van der Waals surface area contributed by atoms with E-state index < -0.39 is 0 Å². The van der Waals surface area contributed by atoms with E-state index in [9.17, 15) is 4.79 Å². The first-order valence-corrected chi connectivity index (χ1v) is 6.11. The third-order valence-corrected chi connectivity index (χ3v) is 3.04. The molecule has 1 N–H and O–H groups in total. The molecule has 6 heteroatoms. The number of anilines is 1. The quantitative estimate of drug-likeness (QED) is 0.860. The molecule has 0 unspecified atom stereocenters. The van der Waals surface area contributed by atoms with Gasteiger partial charge < -0.3 is 10.2 Å². The van der Waals surface area contributed by atoms with Crippen LogP contribution < -0.4 is 5.32 Å². The summed E-state index contributed by atoms with van der Waals surface area (Å²) >= 11 is 11.6. The summed E-state index contributed by atoms with van der Waals surface area (Å²) in [4.78, 5) is 13.3. The van der Waals surface area contributed by atoms with Crippen molar-refractivity contribution in [2.45, 2.75) is 19.9 Å². The van der Waals surface area contributed by atoms with Gasteiger partial charge in [0.15, 0.2) is 0 Å². The van der Waals surface area contributed by atoms with Gasteiger partial charge in [-0.05, 0) is 32.0 Å². The van der Waals surface area contributed by atoms with E-state index in [4.69, 9.17) is 28.5 Å². The highest BCUT2D eigenvalue weighted by molar-refractivity contribution is 6.42. The number of carbonyl (C=O) groups is 1. The molecular formula is C12H13Cl2N3O.